The number of hydrogen-bond acceptors (Lipinski definition) is 5. The predicted octanol–water partition coefficient (Wildman–Crippen LogP) is 0.719. The first-order chi connectivity index (χ1) is 9.58. The van der Waals surface area contributed by atoms with Crippen LogP contribution >= 0.6 is 0 Å². The van der Waals surface area contributed by atoms with E-state index in [9.17, 15) is 18.0 Å². The summed E-state index contributed by atoms with van der Waals surface area (Å²) in [5, 5.41) is 0. The molecule has 0 radical (unpaired) electrons. The van der Waals surface area contributed by atoms with E-state index in [0.29, 0.717) is 11.1 Å². The van der Waals surface area contributed by atoms with Gasteiger partial charge in [0.25, 0.3) is 11.0 Å². The minimum absolute atomic E-state index is 0. The average molecular weight is 328 g/mol. The summed E-state index contributed by atoms with van der Waals surface area (Å²) in [6.45, 7) is 0. The molecule has 0 atom stereocenters. The van der Waals surface area contributed by atoms with Gasteiger partial charge in [0.15, 0.2) is 11.6 Å². The number of fused-ring (bicyclic) bond motifs is 2. The van der Waals surface area contributed by atoms with Crippen molar-refractivity contribution in [3.8, 4) is 5.75 Å². The van der Waals surface area contributed by atoms with Crippen molar-refractivity contribution in [1.82, 2.24) is 0 Å². The van der Waals surface area contributed by atoms with E-state index in [2.05, 4.69) is 4.18 Å². The zero-order valence-corrected chi connectivity index (χ0v) is 10.9. The monoisotopic (exact) mass is 328 g/mol. The van der Waals surface area contributed by atoms with Gasteiger partial charge in [-0.1, -0.05) is 24.3 Å². The second-order valence-electron chi connectivity index (χ2n) is 4.23. The topological polar surface area (TPSA) is 77.5 Å². The number of carbonyl (C=O) groups excluding carboxylic acids is 2. The Balaban J connectivity index is 0.00000161. The van der Waals surface area contributed by atoms with Crippen LogP contribution in [0.15, 0.2) is 42.5 Å². The number of thiol groups is 1. The number of hydrogen-bond donors (Lipinski definition) is 1. The van der Waals surface area contributed by atoms with Gasteiger partial charge in [0.1, 0.15) is 5.75 Å². The quantitative estimate of drug-likeness (QED) is 0.554. The second-order valence-corrected chi connectivity index (χ2v) is 4.86. The maximum atomic E-state index is 12.3. The molecule has 2 aromatic rings. The predicted molar refractivity (Wildman–Crippen MR) is 77.8 cm³/mol. The molecule has 0 heterocycles. The van der Waals surface area contributed by atoms with E-state index in [0.717, 1.165) is 0 Å². The second kappa shape index (κ2) is 6.51. The zero-order valence-electron chi connectivity index (χ0n) is 10.0. The van der Waals surface area contributed by atoms with Crippen LogP contribution in [0.3, 0.4) is 0 Å². The molecule has 0 aromatic heterocycles. The third-order valence-corrected chi connectivity index (χ3v) is 3.44. The van der Waals surface area contributed by atoms with Crippen molar-refractivity contribution in [1.29, 1.82) is 0 Å². The molecule has 0 bridgehead atoms. The Labute approximate surface area is 164 Å². The summed E-state index contributed by atoms with van der Waals surface area (Å²) in [5.41, 5.74) is 1.08. The fourth-order valence-electron chi connectivity index (χ4n) is 2.22. The number of benzene rings is 2. The van der Waals surface area contributed by atoms with Crippen molar-refractivity contribution in [2.75, 3.05) is 0 Å². The Hall–Kier alpha value is -0.834. The summed E-state index contributed by atoms with van der Waals surface area (Å²) in [7, 11) is -3.06. The van der Waals surface area contributed by atoms with Crippen LogP contribution in [0.2, 0.25) is 0 Å². The summed E-state index contributed by atoms with van der Waals surface area (Å²) in [6.07, 6.45) is 0. The maximum absolute atomic E-state index is 12.3. The number of carbonyl (C=O) groups is 2. The van der Waals surface area contributed by atoms with Gasteiger partial charge in [0.2, 0.25) is 0 Å². The van der Waals surface area contributed by atoms with E-state index in [1.807, 2.05) is 0 Å². The zero-order chi connectivity index (χ0) is 14.3. The van der Waals surface area contributed by atoms with Crippen LogP contribution < -0.4 is 4.18 Å². The van der Waals surface area contributed by atoms with E-state index in [-0.39, 0.29) is 79.8 Å². The first-order valence-electron chi connectivity index (χ1n) is 5.73. The van der Waals surface area contributed by atoms with Crippen LogP contribution in [0.5, 0.6) is 5.75 Å². The molecule has 21 heavy (non-hydrogen) atoms. The van der Waals surface area contributed by atoms with Crippen LogP contribution in [-0.2, 0) is 11.0 Å². The molecule has 0 aliphatic heterocycles. The molecule has 1 aliphatic carbocycles. The van der Waals surface area contributed by atoms with Crippen LogP contribution in [-0.4, -0.2) is 71.4 Å². The molecule has 0 amide bonds. The van der Waals surface area contributed by atoms with Gasteiger partial charge in [-0.05, 0) is 18.2 Å². The van der Waals surface area contributed by atoms with E-state index in [4.69, 9.17) is 0 Å². The summed E-state index contributed by atoms with van der Waals surface area (Å²) >= 11 is 0. The average Bonchev–Trinajstić information content (AvgIpc) is 2.44. The van der Waals surface area contributed by atoms with Gasteiger partial charge in [-0.15, -0.1) is 0 Å². The number of ketones is 2. The molecule has 102 valence electrons. The molecule has 0 unspecified atom stereocenters. The molecule has 1 aliphatic rings. The molecule has 5 nitrogen and oxygen atoms in total. The molecular weight excluding hydrogens is 319 g/mol. The Morgan fingerprint density at radius 2 is 1.29 bits per heavy atom. The van der Waals surface area contributed by atoms with Gasteiger partial charge >= 0.3 is 51.4 Å². The fraction of sp³-hybridized carbons (Fsp3) is 0. The minimum atomic E-state index is -3.06. The Morgan fingerprint density at radius 1 is 0.762 bits per heavy atom. The normalized spacial score (nSPS) is 12.4. The molecule has 3 rings (SSSR count). The van der Waals surface area contributed by atoms with E-state index in [1.54, 1.807) is 24.3 Å². The molecule has 0 fully saturated rings. The SMILES string of the molecule is O=C1c2ccccc2C(=O)c2cc(O[SH](=O)=O)ccc21.[KH]. The van der Waals surface area contributed by atoms with Gasteiger partial charge in [0.05, 0.1) is 0 Å². The van der Waals surface area contributed by atoms with Crippen molar-refractivity contribution < 1.29 is 22.2 Å². The van der Waals surface area contributed by atoms with Crippen LogP contribution in [0, 0.1) is 0 Å². The Bertz CT molecular complexity index is 818. The van der Waals surface area contributed by atoms with Crippen molar-refractivity contribution in [3.05, 3.63) is 64.7 Å². The first kappa shape index (κ1) is 16.5. The first-order valence-corrected chi connectivity index (χ1v) is 6.82. The third kappa shape index (κ3) is 3.03. The summed E-state index contributed by atoms with van der Waals surface area (Å²) in [6, 6.07) is 10.6. The summed E-state index contributed by atoms with van der Waals surface area (Å²) in [4.78, 5) is 24.6. The van der Waals surface area contributed by atoms with Gasteiger partial charge in [-0.3, -0.25) is 9.59 Å². The molecule has 0 spiro atoms. The molecule has 0 saturated carbocycles. The molecule has 0 N–H and O–H groups in total. The Morgan fingerprint density at radius 3 is 1.86 bits per heavy atom. The van der Waals surface area contributed by atoms with Crippen LogP contribution in [0.1, 0.15) is 31.8 Å². The number of rotatable bonds is 2. The van der Waals surface area contributed by atoms with E-state index < -0.39 is 11.0 Å². The fourth-order valence-corrected chi connectivity index (χ4v) is 2.51. The summed E-state index contributed by atoms with van der Waals surface area (Å²) < 4.78 is 25.6. The van der Waals surface area contributed by atoms with Crippen molar-refractivity contribution in [2.45, 2.75) is 0 Å². The van der Waals surface area contributed by atoms with E-state index in [1.165, 1.54) is 18.2 Å². The standard InChI is InChI=1S/C14H8O5S.K.H/c15-13-9-3-1-2-4-10(9)14(16)12-7-8(19-20(17)18)5-6-11(12)13;;/h1-7,20H;;. The molecule has 7 heteroatoms. The van der Waals surface area contributed by atoms with Gasteiger partial charge < -0.3 is 4.18 Å². The molecule has 0 saturated heterocycles. The van der Waals surface area contributed by atoms with Crippen molar-refractivity contribution >= 4 is 73.9 Å². The van der Waals surface area contributed by atoms with Crippen LogP contribution in [0.25, 0.3) is 0 Å². The third-order valence-electron chi connectivity index (χ3n) is 3.08. The Kier molecular flexibility index (Phi) is 5.13. The molecular formula is C14H9KO5S. The van der Waals surface area contributed by atoms with Crippen molar-refractivity contribution in [2.24, 2.45) is 0 Å². The van der Waals surface area contributed by atoms with Crippen molar-refractivity contribution in [3.63, 3.8) is 0 Å². The van der Waals surface area contributed by atoms with Crippen LogP contribution in [0.4, 0.5) is 0 Å². The van der Waals surface area contributed by atoms with Gasteiger partial charge in [0, 0.05) is 22.3 Å². The van der Waals surface area contributed by atoms with Gasteiger partial charge in [-0.25, -0.2) is 0 Å². The summed E-state index contributed by atoms with van der Waals surface area (Å²) in [5.74, 6) is -0.560. The van der Waals surface area contributed by atoms with E-state index >= 15 is 0 Å². The van der Waals surface area contributed by atoms with Gasteiger partial charge in [-0.2, -0.15) is 8.42 Å². The molecule has 2 aromatic carbocycles.